The average Bonchev–Trinajstić information content (AvgIpc) is 2.99. The van der Waals surface area contributed by atoms with Crippen molar-refractivity contribution in [2.45, 2.75) is 26.4 Å². The van der Waals surface area contributed by atoms with Crippen molar-refractivity contribution < 1.29 is 18.0 Å². The zero-order valence-corrected chi connectivity index (χ0v) is 23.3. The van der Waals surface area contributed by atoms with Gasteiger partial charge in [0.15, 0.2) is 0 Å². The molecule has 1 saturated heterocycles. The molecule has 0 unspecified atom stereocenters. The second kappa shape index (κ2) is 12.5. The number of nitrogens with one attached hydrogen (secondary N) is 2. The third-order valence-electron chi connectivity index (χ3n) is 6.99. The number of carbonyl (C=O) groups excluding carboxylic acids is 1. The van der Waals surface area contributed by atoms with Crippen molar-refractivity contribution in [3.05, 3.63) is 84.1 Å². The zero-order valence-electron chi connectivity index (χ0n) is 23.3. The molecule has 4 heterocycles. The van der Waals surface area contributed by atoms with Gasteiger partial charge in [0.25, 0.3) is 5.91 Å². The van der Waals surface area contributed by atoms with Gasteiger partial charge in [-0.05, 0) is 62.4 Å². The maximum Gasteiger partial charge on any atom is 0.416 e. The summed E-state index contributed by atoms with van der Waals surface area (Å²) in [7, 11) is 0. The van der Waals surface area contributed by atoms with E-state index >= 15 is 0 Å². The van der Waals surface area contributed by atoms with Crippen molar-refractivity contribution in [1.82, 2.24) is 24.8 Å². The van der Waals surface area contributed by atoms with Crippen LogP contribution in [0.5, 0.6) is 0 Å². The van der Waals surface area contributed by atoms with Gasteiger partial charge in [-0.3, -0.25) is 19.7 Å². The Kier molecular flexibility index (Phi) is 8.62. The van der Waals surface area contributed by atoms with Crippen LogP contribution in [0.3, 0.4) is 0 Å². The van der Waals surface area contributed by atoms with Gasteiger partial charge < -0.3 is 15.5 Å². The van der Waals surface area contributed by atoms with Crippen molar-refractivity contribution >= 4 is 28.9 Å². The van der Waals surface area contributed by atoms with Gasteiger partial charge in [-0.25, -0.2) is 9.97 Å². The van der Waals surface area contributed by atoms with Crippen LogP contribution in [0.4, 0.5) is 36.2 Å². The predicted molar refractivity (Wildman–Crippen MR) is 156 cm³/mol. The number of hydrogen-bond acceptors (Lipinski definition) is 8. The first-order valence-corrected chi connectivity index (χ1v) is 13.7. The predicted octanol–water partition coefficient (Wildman–Crippen LogP) is 5.79. The first-order valence-electron chi connectivity index (χ1n) is 13.7. The van der Waals surface area contributed by atoms with Gasteiger partial charge in [-0.2, -0.15) is 13.2 Å². The number of anilines is 4. The molecule has 1 aliphatic heterocycles. The molecule has 1 aromatic carbocycles. The summed E-state index contributed by atoms with van der Waals surface area (Å²) in [4.78, 5) is 34.6. The van der Waals surface area contributed by atoms with E-state index in [9.17, 15) is 18.0 Å². The largest absolute Gasteiger partial charge is 0.416 e. The summed E-state index contributed by atoms with van der Waals surface area (Å²) in [5.74, 6) is -0.297. The molecule has 12 heteroatoms. The molecule has 0 atom stereocenters. The molecule has 42 heavy (non-hydrogen) atoms. The number of carbonyl (C=O) groups is 1. The van der Waals surface area contributed by atoms with E-state index < -0.39 is 17.6 Å². The molecular formula is C30H31F3N8O. The Labute approximate surface area is 241 Å². The number of amides is 1. The third-order valence-corrected chi connectivity index (χ3v) is 6.99. The van der Waals surface area contributed by atoms with Crippen LogP contribution in [0, 0.1) is 6.92 Å². The van der Waals surface area contributed by atoms with E-state index in [1.807, 2.05) is 17.0 Å². The molecule has 3 aromatic heterocycles. The fraction of sp³-hybridized carbons (Fsp3) is 0.300. The van der Waals surface area contributed by atoms with Crippen LogP contribution in [0.1, 0.15) is 35.0 Å². The van der Waals surface area contributed by atoms with E-state index in [-0.39, 0.29) is 11.3 Å². The summed E-state index contributed by atoms with van der Waals surface area (Å²) in [5, 5.41) is 5.73. The van der Waals surface area contributed by atoms with Crippen molar-refractivity contribution in [2.75, 3.05) is 48.3 Å². The quantitative estimate of drug-likeness (QED) is 0.272. The zero-order chi connectivity index (χ0) is 29.7. The number of halogens is 3. The molecule has 0 radical (unpaired) electrons. The lowest BCUT2D eigenvalue weighted by molar-refractivity contribution is -0.137. The number of rotatable bonds is 8. The monoisotopic (exact) mass is 576 g/mol. The van der Waals surface area contributed by atoms with E-state index in [1.165, 1.54) is 6.20 Å². The Bertz CT molecular complexity index is 1540. The molecule has 0 spiro atoms. The molecular weight excluding hydrogens is 545 g/mol. The molecule has 1 aliphatic rings. The van der Waals surface area contributed by atoms with Crippen molar-refractivity contribution in [3.8, 4) is 11.3 Å². The number of hydrogen-bond donors (Lipinski definition) is 2. The van der Waals surface area contributed by atoms with Crippen LogP contribution in [-0.4, -0.2) is 63.5 Å². The summed E-state index contributed by atoms with van der Waals surface area (Å²) in [6.07, 6.45) is 2.80. The van der Waals surface area contributed by atoms with Gasteiger partial charge in [0.1, 0.15) is 0 Å². The second-order valence-corrected chi connectivity index (χ2v) is 10.0. The lowest BCUT2D eigenvalue weighted by Crippen LogP contribution is -2.46. The maximum absolute atomic E-state index is 13.8. The van der Waals surface area contributed by atoms with Crippen LogP contribution in [0.2, 0.25) is 0 Å². The normalized spacial score (nSPS) is 14.1. The topological polar surface area (TPSA) is 99.2 Å². The van der Waals surface area contributed by atoms with Crippen LogP contribution in [0.25, 0.3) is 11.3 Å². The molecule has 1 fully saturated rings. The lowest BCUT2D eigenvalue weighted by Gasteiger charge is -2.36. The van der Waals surface area contributed by atoms with Gasteiger partial charge in [0, 0.05) is 67.9 Å². The van der Waals surface area contributed by atoms with E-state index in [0.717, 1.165) is 43.8 Å². The number of benzene rings is 1. The summed E-state index contributed by atoms with van der Waals surface area (Å²) in [6, 6.07) is 10.7. The highest BCUT2D eigenvalue weighted by Gasteiger charge is 2.32. The van der Waals surface area contributed by atoms with E-state index in [4.69, 9.17) is 0 Å². The Morgan fingerprint density at radius 1 is 1.00 bits per heavy atom. The summed E-state index contributed by atoms with van der Waals surface area (Å²) >= 11 is 0. The summed E-state index contributed by atoms with van der Waals surface area (Å²) in [6.45, 7) is 7.57. The first-order chi connectivity index (χ1) is 20.2. The highest BCUT2D eigenvalue weighted by molar-refractivity contribution is 6.05. The van der Waals surface area contributed by atoms with Crippen molar-refractivity contribution in [1.29, 1.82) is 0 Å². The minimum absolute atomic E-state index is 0.0587. The maximum atomic E-state index is 13.8. The first kappa shape index (κ1) is 28.9. The molecule has 1 amide bonds. The van der Waals surface area contributed by atoms with Gasteiger partial charge in [-0.15, -0.1) is 0 Å². The van der Waals surface area contributed by atoms with Gasteiger partial charge in [0.05, 0.1) is 28.2 Å². The molecule has 0 saturated carbocycles. The average molecular weight is 577 g/mol. The van der Waals surface area contributed by atoms with E-state index in [0.29, 0.717) is 41.8 Å². The van der Waals surface area contributed by atoms with Gasteiger partial charge in [-0.1, -0.05) is 6.92 Å². The molecule has 218 valence electrons. The fourth-order valence-corrected chi connectivity index (χ4v) is 4.78. The Morgan fingerprint density at radius 2 is 1.81 bits per heavy atom. The highest BCUT2D eigenvalue weighted by atomic mass is 19.4. The van der Waals surface area contributed by atoms with Crippen LogP contribution in [0.15, 0.2) is 67.3 Å². The van der Waals surface area contributed by atoms with Crippen LogP contribution < -0.4 is 15.5 Å². The van der Waals surface area contributed by atoms with E-state index in [1.54, 1.807) is 43.7 Å². The van der Waals surface area contributed by atoms with Crippen molar-refractivity contribution in [3.63, 3.8) is 0 Å². The van der Waals surface area contributed by atoms with Crippen LogP contribution in [-0.2, 0) is 6.18 Å². The molecule has 4 aromatic rings. The number of alkyl halides is 3. The van der Waals surface area contributed by atoms with Gasteiger partial charge in [0.2, 0.25) is 5.95 Å². The number of aryl methyl sites for hydroxylation is 1. The van der Waals surface area contributed by atoms with E-state index in [2.05, 4.69) is 42.4 Å². The SMILES string of the molecule is CCCN1CCN(c2cc(NC(=O)c3cnc(C)c(Nc4nccc(-c5cccnc5)n4)c3)cc(C(F)(F)F)c2)CC1. The minimum atomic E-state index is -4.56. The summed E-state index contributed by atoms with van der Waals surface area (Å²) in [5.41, 5.74) is 2.38. The van der Waals surface area contributed by atoms with Crippen LogP contribution >= 0.6 is 0 Å². The Balaban J connectivity index is 1.35. The molecule has 0 bridgehead atoms. The third kappa shape index (κ3) is 7.00. The minimum Gasteiger partial charge on any atom is -0.369 e. The molecule has 0 aliphatic carbocycles. The van der Waals surface area contributed by atoms with Gasteiger partial charge >= 0.3 is 6.18 Å². The lowest BCUT2D eigenvalue weighted by atomic mass is 10.1. The molecule has 2 N–H and O–H groups in total. The molecule has 9 nitrogen and oxygen atoms in total. The molecule has 5 rings (SSSR count). The number of piperazine rings is 1. The second-order valence-electron chi connectivity index (χ2n) is 10.0. The number of pyridine rings is 2. The fourth-order valence-electron chi connectivity index (χ4n) is 4.78. The standard InChI is InChI=1S/C30H31F3N8O/c1-3-9-40-10-12-41(13-11-40)25-16-23(30(31,32)33)15-24(17-25)37-28(42)22-14-27(20(2)36-19-22)39-29-35-8-6-26(38-29)21-5-4-7-34-18-21/h4-8,14-19H,3,9-13H2,1-2H3,(H,37,42)(H,35,38,39). The van der Waals surface area contributed by atoms with Crippen molar-refractivity contribution in [2.24, 2.45) is 0 Å². The Morgan fingerprint density at radius 3 is 2.52 bits per heavy atom. The smallest absolute Gasteiger partial charge is 0.369 e. The summed E-state index contributed by atoms with van der Waals surface area (Å²) < 4.78 is 41.4. The number of aromatic nitrogens is 4. The Hall–Kier alpha value is -4.58. The highest BCUT2D eigenvalue weighted by Crippen LogP contribution is 2.35. The number of nitrogens with zero attached hydrogens (tertiary/aromatic N) is 6.